The monoisotopic (exact) mass is 384 g/mol. The molecule has 0 saturated heterocycles. The molecule has 1 aromatic carbocycles. The summed E-state index contributed by atoms with van der Waals surface area (Å²) in [6.07, 6.45) is 2.61. The molecule has 1 atom stereocenters. The normalized spacial score (nSPS) is 12.0. The molecule has 0 radical (unpaired) electrons. The maximum absolute atomic E-state index is 4.51. The molecule has 2 aromatic heterocycles. The van der Waals surface area contributed by atoms with Gasteiger partial charge in [-0.25, -0.2) is 4.98 Å². The maximum atomic E-state index is 4.51. The van der Waals surface area contributed by atoms with Crippen LogP contribution in [0, 0.1) is 0 Å². The van der Waals surface area contributed by atoms with Crippen LogP contribution in [-0.4, -0.2) is 49.9 Å². The van der Waals surface area contributed by atoms with Gasteiger partial charge in [0.1, 0.15) is 6.33 Å². The number of rotatable bonds is 8. The van der Waals surface area contributed by atoms with E-state index in [0.717, 1.165) is 12.2 Å². The van der Waals surface area contributed by atoms with E-state index >= 15 is 0 Å². The molecule has 8 nitrogen and oxygen atoms in total. The van der Waals surface area contributed by atoms with E-state index in [1.54, 1.807) is 22.8 Å². The molecule has 3 aromatic rings. The van der Waals surface area contributed by atoms with Gasteiger partial charge in [0.05, 0.1) is 0 Å². The lowest BCUT2D eigenvalue weighted by molar-refractivity contribution is 0.731. The lowest BCUT2D eigenvalue weighted by atomic mass is 10.2. The van der Waals surface area contributed by atoms with Crippen LogP contribution in [0.4, 0.5) is 11.9 Å². The lowest BCUT2D eigenvalue weighted by Gasteiger charge is -2.15. The summed E-state index contributed by atoms with van der Waals surface area (Å²) in [5.41, 5.74) is 1.23. The number of nitrogens with one attached hydrogen (secondary N) is 1. The van der Waals surface area contributed by atoms with Crippen molar-refractivity contribution in [3.05, 3.63) is 42.2 Å². The molecule has 0 aliphatic heterocycles. The summed E-state index contributed by atoms with van der Waals surface area (Å²) in [6, 6.07) is 10.5. The van der Waals surface area contributed by atoms with Gasteiger partial charge in [0, 0.05) is 25.9 Å². The van der Waals surface area contributed by atoms with Crippen molar-refractivity contribution in [3.8, 4) is 5.95 Å². The topological polar surface area (TPSA) is 84.7 Å². The van der Waals surface area contributed by atoms with Crippen molar-refractivity contribution >= 4 is 23.7 Å². The summed E-state index contributed by atoms with van der Waals surface area (Å²) < 4.78 is 1.59. The van der Waals surface area contributed by atoms with Gasteiger partial charge in [-0.05, 0) is 18.9 Å². The minimum atomic E-state index is 0.267. The van der Waals surface area contributed by atoms with Crippen molar-refractivity contribution < 1.29 is 0 Å². The van der Waals surface area contributed by atoms with Crippen LogP contribution >= 0.6 is 11.8 Å². The maximum Gasteiger partial charge on any atom is 0.258 e. The zero-order valence-electron chi connectivity index (χ0n) is 16.0. The van der Waals surface area contributed by atoms with E-state index in [0.29, 0.717) is 23.0 Å². The minimum Gasteiger partial charge on any atom is -0.352 e. The van der Waals surface area contributed by atoms with Gasteiger partial charge in [-0.1, -0.05) is 49.0 Å². The van der Waals surface area contributed by atoms with E-state index in [9.17, 15) is 0 Å². The van der Waals surface area contributed by atoms with Gasteiger partial charge >= 0.3 is 0 Å². The predicted octanol–water partition coefficient (Wildman–Crippen LogP) is 3.02. The van der Waals surface area contributed by atoms with Gasteiger partial charge in [0.15, 0.2) is 0 Å². The van der Waals surface area contributed by atoms with E-state index < -0.39 is 0 Å². The highest BCUT2D eigenvalue weighted by Gasteiger charge is 2.13. The van der Waals surface area contributed by atoms with Crippen LogP contribution in [0.5, 0.6) is 0 Å². The van der Waals surface area contributed by atoms with Crippen LogP contribution in [0.2, 0.25) is 0 Å². The summed E-state index contributed by atoms with van der Waals surface area (Å²) >= 11 is 1.58. The molecule has 0 spiro atoms. The van der Waals surface area contributed by atoms with Gasteiger partial charge < -0.3 is 10.2 Å². The second-order valence-corrected chi connectivity index (χ2v) is 7.30. The Balaban J connectivity index is 1.79. The van der Waals surface area contributed by atoms with E-state index in [2.05, 4.69) is 56.3 Å². The van der Waals surface area contributed by atoms with Crippen molar-refractivity contribution in [3.63, 3.8) is 0 Å². The van der Waals surface area contributed by atoms with Gasteiger partial charge in [0.25, 0.3) is 5.95 Å². The summed E-state index contributed by atoms with van der Waals surface area (Å²) in [4.78, 5) is 19.6. The Morgan fingerprint density at radius 3 is 2.63 bits per heavy atom. The SMILES string of the molecule is CCC(C)Nc1nc(N(C)C)nc(-n2cnc(SCc3ccccc3)n2)n1. The van der Waals surface area contributed by atoms with Crippen LogP contribution in [0.3, 0.4) is 0 Å². The number of anilines is 2. The Morgan fingerprint density at radius 2 is 1.93 bits per heavy atom. The molecule has 0 fully saturated rings. The molecule has 2 heterocycles. The molecule has 0 aliphatic rings. The molecule has 27 heavy (non-hydrogen) atoms. The summed E-state index contributed by atoms with van der Waals surface area (Å²) in [5.74, 6) is 2.36. The van der Waals surface area contributed by atoms with Crippen molar-refractivity contribution in [1.29, 1.82) is 0 Å². The second-order valence-electron chi connectivity index (χ2n) is 6.35. The number of benzene rings is 1. The lowest BCUT2D eigenvalue weighted by Crippen LogP contribution is -2.21. The highest BCUT2D eigenvalue weighted by Crippen LogP contribution is 2.19. The highest BCUT2D eigenvalue weighted by atomic mass is 32.2. The molecule has 1 unspecified atom stereocenters. The first-order valence-corrected chi connectivity index (χ1v) is 9.82. The molecular weight excluding hydrogens is 360 g/mol. The average molecular weight is 385 g/mol. The van der Waals surface area contributed by atoms with Crippen LogP contribution in [0.15, 0.2) is 41.8 Å². The molecule has 0 bridgehead atoms. The molecule has 142 valence electrons. The fourth-order valence-electron chi connectivity index (χ4n) is 2.18. The summed E-state index contributed by atoms with van der Waals surface area (Å²) in [7, 11) is 3.79. The quantitative estimate of drug-likeness (QED) is 0.593. The second kappa shape index (κ2) is 8.81. The van der Waals surface area contributed by atoms with Gasteiger partial charge in [-0.2, -0.15) is 19.6 Å². The Bertz CT molecular complexity index is 865. The fourth-order valence-corrected chi connectivity index (χ4v) is 2.93. The number of nitrogens with zero attached hydrogens (tertiary/aromatic N) is 7. The molecule has 3 rings (SSSR count). The van der Waals surface area contributed by atoms with Crippen LogP contribution in [-0.2, 0) is 5.75 Å². The summed E-state index contributed by atoms with van der Waals surface area (Å²) in [6.45, 7) is 4.20. The van der Waals surface area contributed by atoms with Gasteiger partial charge in [-0.15, -0.1) is 5.10 Å². The molecule has 0 saturated carbocycles. The first-order valence-electron chi connectivity index (χ1n) is 8.84. The van der Waals surface area contributed by atoms with Crippen molar-refractivity contribution in [1.82, 2.24) is 29.7 Å². The van der Waals surface area contributed by atoms with Crippen LogP contribution < -0.4 is 10.2 Å². The standard InChI is InChI=1S/C18H24N8S/c1-5-13(2)20-15-21-16(25(3)4)23-17(22-15)26-12-19-18(24-26)27-11-14-9-7-6-8-10-14/h6-10,12-13H,5,11H2,1-4H3,(H,20,21,22,23). The van der Waals surface area contributed by atoms with Crippen LogP contribution in [0.1, 0.15) is 25.8 Å². The van der Waals surface area contributed by atoms with E-state index in [4.69, 9.17) is 0 Å². The third kappa shape index (κ3) is 5.16. The molecular formula is C18H24N8S. The Morgan fingerprint density at radius 1 is 1.15 bits per heavy atom. The zero-order chi connectivity index (χ0) is 19.2. The third-order valence-corrected chi connectivity index (χ3v) is 4.81. The molecule has 1 N–H and O–H groups in total. The highest BCUT2D eigenvalue weighted by molar-refractivity contribution is 7.98. The van der Waals surface area contributed by atoms with Crippen molar-refractivity contribution in [2.24, 2.45) is 0 Å². The largest absolute Gasteiger partial charge is 0.352 e. The average Bonchev–Trinajstić information content (AvgIpc) is 3.16. The van der Waals surface area contributed by atoms with Crippen molar-refractivity contribution in [2.75, 3.05) is 24.3 Å². The minimum absolute atomic E-state index is 0.267. The first-order chi connectivity index (χ1) is 13.0. The third-order valence-electron chi connectivity index (χ3n) is 3.89. The fraction of sp³-hybridized carbons (Fsp3) is 0.389. The van der Waals surface area contributed by atoms with Gasteiger partial charge in [-0.3, -0.25) is 0 Å². The Kier molecular flexibility index (Phi) is 6.23. The molecule has 0 aliphatic carbocycles. The first kappa shape index (κ1) is 19.1. The summed E-state index contributed by atoms with van der Waals surface area (Å²) in [5, 5.41) is 8.48. The zero-order valence-corrected chi connectivity index (χ0v) is 16.8. The number of thioether (sulfide) groups is 1. The smallest absolute Gasteiger partial charge is 0.258 e. The number of hydrogen-bond donors (Lipinski definition) is 1. The van der Waals surface area contributed by atoms with Gasteiger partial charge in [0.2, 0.25) is 17.1 Å². The van der Waals surface area contributed by atoms with Crippen LogP contribution in [0.25, 0.3) is 5.95 Å². The van der Waals surface area contributed by atoms with E-state index in [1.165, 1.54) is 5.56 Å². The molecule has 0 amide bonds. The Hall–Kier alpha value is -2.68. The Labute approximate surface area is 163 Å². The number of aromatic nitrogens is 6. The van der Waals surface area contributed by atoms with E-state index in [-0.39, 0.29) is 6.04 Å². The predicted molar refractivity (Wildman–Crippen MR) is 108 cm³/mol. The number of hydrogen-bond acceptors (Lipinski definition) is 8. The van der Waals surface area contributed by atoms with Crippen molar-refractivity contribution in [2.45, 2.75) is 37.2 Å². The molecule has 9 heteroatoms. The van der Waals surface area contributed by atoms with E-state index in [1.807, 2.05) is 37.2 Å².